The molecule has 1 aromatic heterocycles. The van der Waals surface area contributed by atoms with Gasteiger partial charge in [-0.1, -0.05) is 12.1 Å². The molecule has 5 heteroatoms. The van der Waals surface area contributed by atoms with Crippen molar-refractivity contribution in [2.75, 3.05) is 13.1 Å². The van der Waals surface area contributed by atoms with Gasteiger partial charge in [0.15, 0.2) is 0 Å². The average Bonchev–Trinajstić information content (AvgIpc) is 2.75. The summed E-state index contributed by atoms with van der Waals surface area (Å²) in [5.74, 6) is 0. The normalized spacial score (nSPS) is 15.4. The molecule has 1 aliphatic heterocycles. The van der Waals surface area contributed by atoms with E-state index in [1.807, 2.05) is 45.0 Å². The molecule has 0 bridgehead atoms. The van der Waals surface area contributed by atoms with Crippen molar-refractivity contribution in [2.24, 2.45) is 0 Å². The van der Waals surface area contributed by atoms with Crippen LogP contribution in [0.2, 0.25) is 0 Å². The Labute approximate surface area is 121 Å². The lowest BCUT2D eigenvalue weighted by Gasteiger charge is -2.24. The van der Waals surface area contributed by atoms with Crippen molar-refractivity contribution in [2.45, 2.75) is 26.4 Å². The maximum Gasteiger partial charge on any atom is 0.410 e. The summed E-state index contributed by atoms with van der Waals surface area (Å²) in [7, 11) is 0. The van der Waals surface area contributed by atoms with Gasteiger partial charge in [-0.2, -0.15) is 0 Å². The molecule has 0 atom stereocenters. The second-order valence-electron chi connectivity index (χ2n) is 5.44. The molecule has 0 aromatic carbocycles. The number of pyridine rings is 1. The van der Waals surface area contributed by atoms with Crippen molar-refractivity contribution >= 4 is 27.6 Å². The van der Waals surface area contributed by atoms with Crippen LogP contribution in [0.15, 0.2) is 28.9 Å². The molecule has 0 N–H and O–H groups in total. The molecule has 102 valence electrons. The third kappa shape index (κ3) is 3.80. The Kier molecular flexibility index (Phi) is 3.94. The lowest BCUT2D eigenvalue weighted by Crippen LogP contribution is -2.35. The standard InChI is InChI=1S/C14H17BrN2O2/c1-14(2,3)19-13(18)17-8-7-10(9-17)11-5-4-6-12(15)16-11/h4-7H,8-9H2,1-3H3. The van der Waals surface area contributed by atoms with Gasteiger partial charge in [0.2, 0.25) is 0 Å². The predicted octanol–water partition coefficient (Wildman–Crippen LogP) is 3.48. The van der Waals surface area contributed by atoms with Crippen molar-refractivity contribution in [3.8, 4) is 0 Å². The van der Waals surface area contributed by atoms with Crippen molar-refractivity contribution < 1.29 is 9.53 Å². The summed E-state index contributed by atoms with van der Waals surface area (Å²) < 4.78 is 6.15. The van der Waals surface area contributed by atoms with E-state index in [9.17, 15) is 4.79 Å². The first kappa shape index (κ1) is 14.1. The molecule has 0 aliphatic carbocycles. The number of halogens is 1. The highest BCUT2D eigenvalue weighted by Gasteiger charge is 2.26. The van der Waals surface area contributed by atoms with Crippen LogP contribution in [0.1, 0.15) is 26.5 Å². The van der Waals surface area contributed by atoms with Gasteiger partial charge < -0.3 is 9.64 Å². The molecule has 0 saturated carbocycles. The molecule has 1 amide bonds. The van der Waals surface area contributed by atoms with E-state index in [1.54, 1.807) is 4.90 Å². The van der Waals surface area contributed by atoms with E-state index in [2.05, 4.69) is 20.9 Å². The van der Waals surface area contributed by atoms with Crippen LogP contribution in [0.5, 0.6) is 0 Å². The minimum atomic E-state index is -0.464. The van der Waals surface area contributed by atoms with Crippen LogP contribution < -0.4 is 0 Å². The number of carbonyl (C=O) groups excluding carboxylic acids is 1. The first-order chi connectivity index (χ1) is 8.85. The Morgan fingerprint density at radius 2 is 2.16 bits per heavy atom. The van der Waals surface area contributed by atoms with Gasteiger partial charge in [-0.25, -0.2) is 9.78 Å². The van der Waals surface area contributed by atoms with Crippen molar-refractivity contribution in [3.63, 3.8) is 0 Å². The van der Waals surface area contributed by atoms with Gasteiger partial charge in [0.25, 0.3) is 0 Å². The zero-order valence-corrected chi connectivity index (χ0v) is 12.9. The highest BCUT2D eigenvalue weighted by molar-refractivity contribution is 9.10. The fraction of sp³-hybridized carbons (Fsp3) is 0.429. The van der Waals surface area contributed by atoms with Gasteiger partial charge in [0.05, 0.1) is 12.2 Å². The van der Waals surface area contributed by atoms with Gasteiger partial charge in [0.1, 0.15) is 10.2 Å². The topological polar surface area (TPSA) is 42.4 Å². The van der Waals surface area contributed by atoms with Crippen LogP contribution in [-0.2, 0) is 4.74 Å². The van der Waals surface area contributed by atoms with Gasteiger partial charge in [-0.15, -0.1) is 0 Å². The summed E-state index contributed by atoms with van der Waals surface area (Å²) in [5, 5.41) is 0. The molecule has 0 radical (unpaired) electrons. The number of carbonyl (C=O) groups is 1. The fourth-order valence-electron chi connectivity index (χ4n) is 1.79. The monoisotopic (exact) mass is 324 g/mol. The van der Waals surface area contributed by atoms with Crippen molar-refractivity contribution in [1.82, 2.24) is 9.88 Å². The minimum Gasteiger partial charge on any atom is -0.444 e. The molecule has 0 fully saturated rings. The third-order valence-corrected chi connectivity index (χ3v) is 3.06. The zero-order valence-electron chi connectivity index (χ0n) is 11.3. The summed E-state index contributed by atoms with van der Waals surface area (Å²) in [6, 6.07) is 5.75. The van der Waals surface area contributed by atoms with E-state index in [4.69, 9.17) is 4.74 Å². The summed E-state index contributed by atoms with van der Waals surface area (Å²) in [6.07, 6.45) is 1.73. The molecule has 2 heterocycles. The SMILES string of the molecule is CC(C)(C)OC(=O)N1CC=C(c2cccc(Br)n2)C1. The number of amides is 1. The Morgan fingerprint density at radius 1 is 1.42 bits per heavy atom. The van der Waals surface area contributed by atoms with Crippen molar-refractivity contribution in [3.05, 3.63) is 34.6 Å². The van der Waals surface area contributed by atoms with Crippen LogP contribution in [0, 0.1) is 0 Å². The summed E-state index contributed by atoms with van der Waals surface area (Å²) in [6.45, 7) is 6.71. The first-order valence-corrected chi connectivity index (χ1v) is 6.94. The van der Waals surface area contributed by atoms with E-state index in [0.29, 0.717) is 13.1 Å². The maximum atomic E-state index is 11.9. The minimum absolute atomic E-state index is 0.284. The smallest absolute Gasteiger partial charge is 0.410 e. The molecule has 0 spiro atoms. The Balaban J connectivity index is 2.01. The van der Waals surface area contributed by atoms with Crippen LogP contribution >= 0.6 is 15.9 Å². The van der Waals surface area contributed by atoms with Gasteiger partial charge >= 0.3 is 6.09 Å². The summed E-state index contributed by atoms with van der Waals surface area (Å²) >= 11 is 3.35. The Hall–Kier alpha value is -1.36. The Bertz CT molecular complexity index is 520. The molecular formula is C14H17BrN2O2. The van der Waals surface area contributed by atoms with Crippen LogP contribution in [0.4, 0.5) is 4.79 Å². The Morgan fingerprint density at radius 3 is 2.79 bits per heavy atom. The van der Waals surface area contributed by atoms with E-state index in [1.165, 1.54) is 0 Å². The molecule has 1 aliphatic rings. The first-order valence-electron chi connectivity index (χ1n) is 6.15. The average molecular weight is 325 g/mol. The summed E-state index contributed by atoms with van der Waals surface area (Å²) in [4.78, 5) is 18.0. The van der Waals surface area contributed by atoms with Crippen molar-refractivity contribution in [1.29, 1.82) is 0 Å². The van der Waals surface area contributed by atoms with Crippen LogP contribution in [0.25, 0.3) is 5.57 Å². The van der Waals surface area contributed by atoms with E-state index < -0.39 is 5.60 Å². The molecule has 1 aromatic rings. The zero-order chi connectivity index (χ0) is 14.0. The number of rotatable bonds is 1. The maximum absolute atomic E-state index is 11.9. The molecule has 0 saturated heterocycles. The fourth-order valence-corrected chi connectivity index (χ4v) is 2.14. The van der Waals surface area contributed by atoms with E-state index >= 15 is 0 Å². The number of hydrogen-bond donors (Lipinski definition) is 0. The largest absolute Gasteiger partial charge is 0.444 e. The molecule has 4 nitrogen and oxygen atoms in total. The highest BCUT2D eigenvalue weighted by Crippen LogP contribution is 2.22. The molecule has 2 rings (SSSR count). The van der Waals surface area contributed by atoms with Gasteiger partial charge in [-0.05, 0) is 54.4 Å². The number of aromatic nitrogens is 1. The second-order valence-corrected chi connectivity index (χ2v) is 6.25. The number of hydrogen-bond acceptors (Lipinski definition) is 3. The van der Waals surface area contributed by atoms with Crippen LogP contribution in [-0.4, -0.2) is 34.7 Å². The third-order valence-electron chi connectivity index (χ3n) is 2.62. The van der Waals surface area contributed by atoms with Gasteiger partial charge in [-0.3, -0.25) is 0 Å². The quantitative estimate of drug-likeness (QED) is 0.743. The predicted molar refractivity (Wildman–Crippen MR) is 77.7 cm³/mol. The lowest BCUT2D eigenvalue weighted by atomic mass is 10.2. The number of nitrogens with zero attached hydrogens (tertiary/aromatic N) is 2. The lowest BCUT2D eigenvalue weighted by molar-refractivity contribution is 0.0306. The second kappa shape index (κ2) is 5.33. The molecular weight excluding hydrogens is 308 g/mol. The van der Waals surface area contributed by atoms with E-state index in [0.717, 1.165) is 15.9 Å². The van der Waals surface area contributed by atoms with Crippen LogP contribution in [0.3, 0.4) is 0 Å². The number of ether oxygens (including phenoxy) is 1. The van der Waals surface area contributed by atoms with E-state index in [-0.39, 0.29) is 6.09 Å². The highest BCUT2D eigenvalue weighted by atomic mass is 79.9. The van der Waals surface area contributed by atoms with Gasteiger partial charge in [0, 0.05) is 6.54 Å². The molecule has 0 unspecified atom stereocenters. The summed E-state index contributed by atoms with van der Waals surface area (Å²) in [5.41, 5.74) is 1.47. The molecule has 19 heavy (non-hydrogen) atoms.